The minimum absolute atomic E-state index is 0.348. The maximum atomic E-state index is 13.5. The molecule has 4 aromatic rings. The monoisotopic (exact) mass is 532 g/mol. The maximum Gasteiger partial charge on any atom is 0.124 e. The molecule has 146 valence electrons. The standard InChI is InChI=1S/C23H16Br2ClFN2/c1-14-22(15-2-7-18(24)8-3-15)28-29(13-17-6-11-20(27)12-21(17)26)23(14)16-4-9-19(25)10-5-16/h2-12H,13H2,1H3. The summed E-state index contributed by atoms with van der Waals surface area (Å²) in [7, 11) is 0. The molecule has 0 N–H and O–H groups in total. The van der Waals surface area contributed by atoms with Crippen molar-refractivity contribution in [2.75, 3.05) is 0 Å². The Kier molecular flexibility index (Phi) is 5.91. The van der Waals surface area contributed by atoms with Crippen LogP contribution in [0, 0.1) is 12.7 Å². The van der Waals surface area contributed by atoms with Gasteiger partial charge in [-0.2, -0.15) is 5.10 Å². The van der Waals surface area contributed by atoms with E-state index >= 15 is 0 Å². The quantitative estimate of drug-likeness (QED) is 0.260. The van der Waals surface area contributed by atoms with Crippen LogP contribution >= 0.6 is 43.5 Å². The maximum absolute atomic E-state index is 13.5. The van der Waals surface area contributed by atoms with Crippen molar-refractivity contribution in [3.63, 3.8) is 0 Å². The first-order chi connectivity index (χ1) is 13.9. The highest BCUT2D eigenvalue weighted by Gasteiger charge is 2.18. The number of benzene rings is 3. The van der Waals surface area contributed by atoms with E-state index in [9.17, 15) is 4.39 Å². The van der Waals surface area contributed by atoms with E-state index in [0.29, 0.717) is 11.6 Å². The molecular weight excluding hydrogens is 519 g/mol. The van der Waals surface area contributed by atoms with Crippen molar-refractivity contribution in [1.29, 1.82) is 0 Å². The molecule has 0 saturated carbocycles. The van der Waals surface area contributed by atoms with Crippen molar-refractivity contribution >= 4 is 43.5 Å². The number of nitrogens with zero attached hydrogens (tertiary/aromatic N) is 2. The van der Waals surface area contributed by atoms with Crippen LogP contribution in [-0.2, 0) is 6.54 Å². The van der Waals surface area contributed by atoms with E-state index in [1.807, 2.05) is 41.1 Å². The summed E-state index contributed by atoms with van der Waals surface area (Å²) >= 11 is 13.3. The van der Waals surface area contributed by atoms with Gasteiger partial charge in [0.05, 0.1) is 17.9 Å². The number of hydrogen-bond donors (Lipinski definition) is 0. The number of aromatic nitrogens is 2. The Morgan fingerprint density at radius 1 is 0.897 bits per heavy atom. The molecule has 6 heteroatoms. The summed E-state index contributed by atoms with van der Waals surface area (Å²) < 4.78 is 17.4. The van der Waals surface area contributed by atoms with Gasteiger partial charge in [-0.1, -0.05) is 73.8 Å². The second-order valence-corrected chi connectivity index (χ2v) is 8.97. The van der Waals surface area contributed by atoms with Gasteiger partial charge in [-0.3, -0.25) is 4.68 Å². The fourth-order valence-electron chi connectivity index (χ4n) is 3.33. The predicted molar refractivity (Wildman–Crippen MR) is 124 cm³/mol. The predicted octanol–water partition coefficient (Wildman–Crippen LogP) is 7.89. The molecule has 0 fully saturated rings. The third-order valence-electron chi connectivity index (χ3n) is 4.76. The lowest BCUT2D eigenvalue weighted by Gasteiger charge is -2.10. The summed E-state index contributed by atoms with van der Waals surface area (Å²) in [6, 6.07) is 20.7. The van der Waals surface area contributed by atoms with E-state index in [2.05, 4.69) is 50.9 Å². The SMILES string of the molecule is Cc1c(-c2ccc(Br)cc2)nn(Cc2ccc(F)cc2Cl)c1-c1ccc(Br)cc1. The zero-order chi connectivity index (χ0) is 20.5. The molecule has 0 spiro atoms. The Hall–Kier alpha value is -1.95. The largest absolute Gasteiger partial charge is 0.259 e. The fraction of sp³-hybridized carbons (Fsp3) is 0.0870. The smallest absolute Gasteiger partial charge is 0.124 e. The zero-order valence-electron chi connectivity index (χ0n) is 15.5. The normalized spacial score (nSPS) is 11.1. The van der Waals surface area contributed by atoms with Crippen LogP contribution in [0.15, 0.2) is 75.7 Å². The third kappa shape index (κ3) is 4.32. The van der Waals surface area contributed by atoms with E-state index < -0.39 is 0 Å². The average molecular weight is 535 g/mol. The molecule has 2 nitrogen and oxygen atoms in total. The second kappa shape index (κ2) is 8.42. The first-order valence-corrected chi connectivity index (χ1v) is 10.9. The van der Waals surface area contributed by atoms with Gasteiger partial charge in [0.15, 0.2) is 0 Å². The van der Waals surface area contributed by atoms with Gasteiger partial charge < -0.3 is 0 Å². The molecule has 0 amide bonds. The Labute approximate surface area is 190 Å². The van der Waals surface area contributed by atoms with Gasteiger partial charge in [0.2, 0.25) is 0 Å². The Morgan fingerprint density at radius 2 is 1.48 bits per heavy atom. The highest BCUT2D eigenvalue weighted by Crippen LogP contribution is 2.34. The van der Waals surface area contributed by atoms with Crippen LogP contribution in [0.4, 0.5) is 4.39 Å². The van der Waals surface area contributed by atoms with Crippen molar-refractivity contribution in [3.8, 4) is 22.5 Å². The van der Waals surface area contributed by atoms with Crippen LogP contribution in [0.25, 0.3) is 22.5 Å². The molecule has 0 unspecified atom stereocenters. The van der Waals surface area contributed by atoms with E-state index in [1.165, 1.54) is 12.1 Å². The molecule has 0 atom stereocenters. The van der Waals surface area contributed by atoms with Gasteiger partial charge in [0, 0.05) is 30.7 Å². The van der Waals surface area contributed by atoms with Crippen LogP contribution in [0.1, 0.15) is 11.1 Å². The fourth-order valence-corrected chi connectivity index (χ4v) is 4.09. The lowest BCUT2D eigenvalue weighted by atomic mass is 10.0. The van der Waals surface area contributed by atoms with Crippen LogP contribution in [0.3, 0.4) is 0 Å². The van der Waals surface area contributed by atoms with Crippen molar-refractivity contribution in [2.45, 2.75) is 13.5 Å². The highest BCUT2D eigenvalue weighted by atomic mass is 79.9. The van der Waals surface area contributed by atoms with Gasteiger partial charge in [-0.15, -0.1) is 0 Å². The Morgan fingerprint density at radius 3 is 2.07 bits per heavy atom. The first kappa shape index (κ1) is 20.3. The first-order valence-electron chi connectivity index (χ1n) is 8.95. The van der Waals surface area contributed by atoms with Crippen molar-refractivity contribution in [2.24, 2.45) is 0 Å². The minimum atomic E-state index is -0.348. The highest BCUT2D eigenvalue weighted by molar-refractivity contribution is 9.10. The van der Waals surface area contributed by atoms with Crippen molar-refractivity contribution in [1.82, 2.24) is 9.78 Å². The van der Waals surface area contributed by atoms with Crippen molar-refractivity contribution < 1.29 is 4.39 Å². The van der Waals surface area contributed by atoms with Crippen LogP contribution in [-0.4, -0.2) is 9.78 Å². The summed E-state index contributed by atoms with van der Waals surface area (Å²) in [4.78, 5) is 0. The molecule has 1 aromatic heterocycles. The van der Waals surface area contributed by atoms with Crippen molar-refractivity contribution in [3.05, 3.63) is 97.6 Å². The lowest BCUT2D eigenvalue weighted by Crippen LogP contribution is -2.05. The van der Waals surface area contributed by atoms with E-state index in [1.54, 1.807) is 6.07 Å². The second-order valence-electron chi connectivity index (χ2n) is 6.73. The minimum Gasteiger partial charge on any atom is -0.259 e. The van der Waals surface area contributed by atoms with E-state index in [-0.39, 0.29) is 5.82 Å². The molecule has 0 saturated heterocycles. The van der Waals surface area contributed by atoms with Crippen LogP contribution in [0.2, 0.25) is 5.02 Å². The van der Waals surface area contributed by atoms with Crippen LogP contribution < -0.4 is 0 Å². The summed E-state index contributed by atoms with van der Waals surface area (Å²) in [5.41, 5.74) is 5.90. The van der Waals surface area contributed by atoms with Gasteiger partial charge in [-0.05, 0) is 48.9 Å². The van der Waals surface area contributed by atoms with E-state index in [4.69, 9.17) is 16.7 Å². The Balaban J connectivity index is 1.86. The summed E-state index contributed by atoms with van der Waals surface area (Å²) in [6.45, 7) is 2.52. The average Bonchev–Trinajstić information content (AvgIpc) is 3.01. The molecule has 0 aliphatic rings. The molecule has 29 heavy (non-hydrogen) atoms. The third-order valence-corrected chi connectivity index (χ3v) is 6.17. The molecule has 0 radical (unpaired) electrons. The molecule has 1 heterocycles. The molecule has 0 aliphatic heterocycles. The molecule has 4 rings (SSSR count). The molecular formula is C23H16Br2ClFN2. The van der Waals surface area contributed by atoms with Gasteiger partial charge in [0.25, 0.3) is 0 Å². The molecule has 0 bridgehead atoms. The zero-order valence-corrected chi connectivity index (χ0v) is 19.4. The summed E-state index contributed by atoms with van der Waals surface area (Å²) in [5, 5.41) is 5.30. The summed E-state index contributed by atoms with van der Waals surface area (Å²) in [6.07, 6.45) is 0. The molecule has 0 aliphatic carbocycles. The summed E-state index contributed by atoms with van der Waals surface area (Å²) in [5.74, 6) is -0.348. The van der Waals surface area contributed by atoms with Gasteiger partial charge in [-0.25, -0.2) is 4.39 Å². The number of rotatable bonds is 4. The lowest BCUT2D eigenvalue weighted by molar-refractivity contribution is 0.625. The Bertz CT molecular complexity index is 1170. The van der Waals surface area contributed by atoms with Crippen LogP contribution in [0.5, 0.6) is 0 Å². The number of halogens is 4. The van der Waals surface area contributed by atoms with Gasteiger partial charge in [0.1, 0.15) is 5.82 Å². The topological polar surface area (TPSA) is 17.8 Å². The molecule has 3 aromatic carbocycles. The van der Waals surface area contributed by atoms with E-state index in [0.717, 1.165) is 42.6 Å². The number of hydrogen-bond acceptors (Lipinski definition) is 1. The van der Waals surface area contributed by atoms with Gasteiger partial charge >= 0.3 is 0 Å².